The number of rotatable bonds is 6. The molecule has 0 atom stereocenters. The van der Waals surface area contributed by atoms with Crippen molar-refractivity contribution in [2.45, 2.75) is 13.5 Å². The molecular weight excluding hydrogens is 348 g/mol. The number of carbonyl (C=O) groups excluding carboxylic acids is 3. The number of esters is 1. The number of methoxy groups -OCH3 is 1. The lowest BCUT2D eigenvalue weighted by molar-refractivity contribution is -0.124. The van der Waals surface area contributed by atoms with Gasteiger partial charge in [0.25, 0.3) is 5.91 Å². The van der Waals surface area contributed by atoms with Crippen LogP contribution in [-0.4, -0.2) is 38.7 Å². The third-order valence-electron chi connectivity index (χ3n) is 3.88. The Labute approximate surface area is 157 Å². The Morgan fingerprint density at radius 2 is 1.70 bits per heavy atom. The number of anilines is 1. The molecule has 0 saturated heterocycles. The van der Waals surface area contributed by atoms with Crippen molar-refractivity contribution < 1.29 is 23.9 Å². The van der Waals surface area contributed by atoms with Crippen molar-refractivity contribution >= 4 is 23.7 Å². The molecule has 7 nitrogen and oxygen atoms in total. The maximum atomic E-state index is 12.3. The minimum atomic E-state index is -0.702. The molecule has 0 bridgehead atoms. The molecule has 2 aromatic rings. The number of ether oxygens (including phenoxy) is 2. The van der Waals surface area contributed by atoms with E-state index < -0.39 is 24.6 Å². The van der Waals surface area contributed by atoms with E-state index in [0.29, 0.717) is 12.2 Å². The summed E-state index contributed by atoms with van der Waals surface area (Å²) < 4.78 is 9.72. The van der Waals surface area contributed by atoms with Crippen LogP contribution < -0.4 is 10.2 Å². The van der Waals surface area contributed by atoms with Crippen molar-refractivity contribution in [3.8, 4) is 0 Å². The van der Waals surface area contributed by atoms with E-state index in [-0.39, 0.29) is 5.56 Å². The number of para-hydroxylation sites is 1. The Morgan fingerprint density at radius 1 is 1.04 bits per heavy atom. The molecule has 0 aliphatic rings. The highest BCUT2D eigenvalue weighted by Gasteiger charge is 2.20. The van der Waals surface area contributed by atoms with Crippen LogP contribution in [-0.2, 0) is 20.8 Å². The van der Waals surface area contributed by atoms with Gasteiger partial charge in [-0.3, -0.25) is 9.69 Å². The van der Waals surface area contributed by atoms with Crippen LogP contribution >= 0.6 is 0 Å². The van der Waals surface area contributed by atoms with E-state index in [0.717, 1.165) is 11.1 Å². The van der Waals surface area contributed by atoms with Gasteiger partial charge >= 0.3 is 12.1 Å². The minimum absolute atomic E-state index is 0.164. The molecule has 0 aliphatic carbocycles. The number of carbonyl (C=O) groups is 3. The van der Waals surface area contributed by atoms with Gasteiger partial charge in [0.2, 0.25) is 0 Å². The van der Waals surface area contributed by atoms with Crippen LogP contribution in [0.3, 0.4) is 0 Å². The highest BCUT2D eigenvalue weighted by Crippen LogP contribution is 2.20. The molecule has 0 aromatic heterocycles. The molecule has 142 valence electrons. The zero-order valence-electron chi connectivity index (χ0n) is 15.5. The van der Waals surface area contributed by atoms with E-state index in [1.54, 1.807) is 18.2 Å². The third-order valence-corrected chi connectivity index (χ3v) is 3.88. The lowest BCUT2D eigenvalue weighted by Gasteiger charge is -2.18. The maximum absolute atomic E-state index is 12.3. The SMILES string of the molecule is COC(=O)N(C)c1ccccc1C(=O)OCC(=O)NCc1ccc(C)cc1. The number of benzene rings is 2. The van der Waals surface area contributed by atoms with E-state index in [9.17, 15) is 14.4 Å². The van der Waals surface area contributed by atoms with Crippen molar-refractivity contribution in [1.82, 2.24) is 5.32 Å². The smallest absolute Gasteiger partial charge is 0.413 e. The Kier molecular flexibility index (Phi) is 6.93. The largest absolute Gasteiger partial charge is 0.452 e. The average molecular weight is 370 g/mol. The summed E-state index contributed by atoms with van der Waals surface area (Å²) in [6.45, 7) is 1.91. The van der Waals surface area contributed by atoms with Crippen molar-refractivity contribution in [3.05, 3.63) is 65.2 Å². The van der Waals surface area contributed by atoms with Gasteiger partial charge in [0, 0.05) is 13.6 Å². The first kappa shape index (κ1) is 20.0. The van der Waals surface area contributed by atoms with Crippen molar-refractivity contribution in [2.24, 2.45) is 0 Å². The zero-order valence-corrected chi connectivity index (χ0v) is 15.5. The first-order valence-corrected chi connectivity index (χ1v) is 8.32. The molecule has 27 heavy (non-hydrogen) atoms. The molecule has 2 amide bonds. The summed E-state index contributed by atoms with van der Waals surface area (Å²) in [5, 5.41) is 2.69. The van der Waals surface area contributed by atoms with Gasteiger partial charge in [-0.2, -0.15) is 0 Å². The number of nitrogens with zero attached hydrogens (tertiary/aromatic N) is 1. The first-order chi connectivity index (χ1) is 12.9. The predicted octanol–water partition coefficient (Wildman–Crippen LogP) is 2.67. The second kappa shape index (κ2) is 9.38. The fraction of sp³-hybridized carbons (Fsp3) is 0.250. The molecule has 0 unspecified atom stereocenters. The van der Waals surface area contributed by atoms with Crippen LogP contribution in [0.15, 0.2) is 48.5 Å². The van der Waals surface area contributed by atoms with E-state index in [1.807, 2.05) is 31.2 Å². The number of nitrogens with one attached hydrogen (secondary N) is 1. The second-order valence-corrected chi connectivity index (χ2v) is 5.88. The molecular formula is C20H22N2O5. The maximum Gasteiger partial charge on any atom is 0.413 e. The lowest BCUT2D eigenvalue weighted by atomic mass is 10.1. The third kappa shape index (κ3) is 5.57. The Bertz CT molecular complexity index is 817. The molecule has 2 aromatic carbocycles. The van der Waals surface area contributed by atoms with Gasteiger partial charge in [-0.25, -0.2) is 9.59 Å². The van der Waals surface area contributed by atoms with Crippen LogP contribution in [0, 0.1) is 6.92 Å². The fourth-order valence-electron chi connectivity index (χ4n) is 2.34. The lowest BCUT2D eigenvalue weighted by Crippen LogP contribution is -2.30. The van der Waals surface area contributed by atoms with Gasteiger partial charge in [0.05, 0.1) is 18.4 Å². The molecule has 1 N–H and O–H groups in total. The Morgan fingerprint density at radius 3 is 2.37 bits per heavy atom. The normalized spacial score (nSPS) is 10.0. The monoisotopic (exact) mass is 370 g/mol. The zero-order chi connectivity index (χ0) is 19.8. The summed E-state index contributed by atoms with van der Waals surface area (Å²) >= 11 is 0. The number of amides is 2. The number of aryl methyl sites for hydroxylation is 1. The minimum Gasteiger partial charge on any atom is -0.452 e. The molecule has 0 saturated carbocycles. The van der Waals surface area contributed by atoms with Crippen molar-refractivity contribution in [1.29, 1.82) is 0 Å². The Hall–Kier alpha value is -3.35. The van der Waals surface area contributed by atoms with E-state index >= 15 is 0 Å². The summed E-state index contributed by atoms with van der Waals surface area (Å²) in [5.41, 5.74) is 2.58. The topological polar surface area (TPSA) is 84.9 Å². The molecule has 0 spiro atoms. The second-order valence-electron chi connectivity index (χ2n) is 5.88. The molecule has 2 rings (SSSR count). The summed E-state index contributed by atoms with van der Waals surface area (Å²) in [6.07, 6.45) is -0.619. The van der Waals surface area contributed by atoms with Crippen LogP contribution in [0.25, 0.3) is 0 Å². The van der Waals surface area contributed by atoms with Gasteiger partial charge in [-0.1, -0.05) is 42.0 Å². The predicted molar refractivity (Wildman–Crippen MR) is 101 cm³/mol. The van der Waals surface area contributed by atoms with Crippen LogP contribution in [0.5, 0.6) is 0 Å². The molecule has 0 heterocycles. The van der Waals surface area contributed by atoms with Gasteiger partial charge in [0.15, 0.2) is 6.61 Å². The number of hydrogen-bond acceptors (Lipinski definition) is 5. The van der Waals surface area contributed by atoms with E-state index in [2.05, 4.69) is 10.1 Å². The van der Waals surface area contributed by atoms with E-state index in [1.165, 1.54) is 25.1 Å². The van der Waals surface area contributed by atoms with Crippen molar-refractivity contribution in [3.63, 3.8) is 0 Å². The van der Waals surface area contributed by atoms with Crippen LogP contribution in [0.4, 0.5) is 10.5 Å². The molecule has 0 radical (unpaired) electrons. The van der Waals surface area contributed by atoms with Crippen molar-refractivity contribution in [2.75, 3.05) is 25.7 Å². The summed E-state index contributed by atoms with van der Waals surface area (Å²) in [4.78, 5) is 37.1. The molecule has 7 heteroatoms. The standard InChI is InChI=1S/C20H22N2O5/c1-14-8-10-15(11-9-14)12-21-18(23)13-27-19(24)16-6-4-5-7-17(16)22(2)20(25)26-3/h4-11H,12-13H2,1-3H3,(H,21,23). The average Bonchev–Trinajstić information content (AvgIpc) is 2.70. The van der Waals surface area contributed by atoms with Gasteiger partial charge in [-0.15, -0.1) is 0 Å². The Balaban J connectivity index is 1.92. The van der Waals surface area contributed by atoms with Gasteiger partial charge < -0.3 is 14.8 Å². The first-order valence-electron chi connectivity index (χ1n) is 8.32. The summed E-state index contributed by atoms with van der Waals surface area (Å²) in [7, 11) is 2.73. The quantitative estimate of drug-likeness (QED) is 0.790. The highest BCUT2D eigenvalue weighted by molar-refractivity contribution is 6.01. The fourth-order valence-corrected chi connectivity index (χ4v) is 2.34. The van der Waals surface area contributed by atoms with E-state index in [4.69, 9.17) is 4.74 Å². The molecule has 0 fully saturated rings. The van der Waals surface area contributed by atoms with Gasteiger partial charge in [0.1, 0.15) is 0 Å². The summed E-state index contributed by atoms with van der Waals surface area (Å²) in [5.74, 6) is -1.12. The highest BCUT2D eigenvalue weighted by atomic mass is 16.5. The summed E-state index contributed by atoms with van der Waals surface area (Å²) in [6, 6.07) is 14.2. The van der Waals surface area contributed by atoms with Crippen LogP contribution in [0.1, 0.15) is 21.5 Å². The number of hydrogen-bond donors (Lipinski definition) is 1. The van der Waals surface area contributed by atoms with Crippen LogP contribution in [0.2, 0.25) is 0 Å². The van der Waals surface area contributed by atoms with Gasteiger partial charge in [-0.05, 0) is 24.6 Å². The molecule has 0 aliphatic heterocycles.